The fraction of sp³-hybridized carbons (Fsp3) is 0.333. The Bertz CT molecular complexity index is 975. The van der Waals surface area contributed by atoms with Gasteiger partial charge in [0.1, 0.15) is 0 Å². The third-order valence-electron chi connectivity index (χ3n) is 5.46. The van der Waals surface area contributed by atoms with Gasteiger partial charge in [0.25, 0.3) is 0 Å². The molecule has 1 atom stereocenters. The molecule has 2 aromatic rings. The summed E-state index contributed by atoms with van der Waals surface area (Å²) in [5.74, 6) is 1.57. The number of rotatable bonds is 8. The van der Waals surface area contributed by atoms with Crippen LogP contribution in [0.3, 0.4) is 0 Å². The lowest BCUT2D eigenvalue weighted by Gasteiger charge is -2.35. The number of methoxy groups -OCH3 is 3. The third-order valence-corrected chi connectivity index (χ3v) is 5.46. The Kier molecular flexibility index (Phi) is 6.84. The van der Waals surface area contributed by atoms with Crippen molar-refractivity contribution in [2.24, 2.45) is 0 Å². The average molecular weight is 424 g/mol. The van der Waals surface area contributed by atoms with E-state index in [1.54, 1.807) is 26.2 Å². The Hall–Kier alpha value is -3.48. The average Bonchev–Trinajstić information content (AvgIpc) is 2.77. The van der Waals surface area contributed by atoms with E-state index in [9.17, 15) is 9.59 Å². The molecule has 0 saturated carbocycles. The molecule has 0 spiro atoms. The van der Waals surface area contributed by atoms with Gasteiger partial charge in [0, 0.05) is 17.8 Å². The summed E-state index contributed by atoms with van der Waals surface area (Å²) in [6.07, 6.45) is 0.544. The fourth-order valence-electron chi connectivity index (χ4n) is 3.92. The van der Waals surface area contributed by atoms with E-state index in [1.165, 1.54) is 6.92 Å². The maximum Gasteiger partial charge on any atom is 0.322 e. The molecule has 0 fully saturated rings. The second kappa shape index (κ2) is 9.55. The van der Waals surface area contributed by atoms with Crippen LogP contribution < -0.4 is 19.5 Å². The number of benzene rings is 2. The predicted molar refractivity (Wildman–Crippen MR) is 118 cm³/mol. The van der Waals surface area contributed by atoms with E-state index in [1.807, 2.05) is 49.4 Å². The molecule has 7 nitrogen and oxygen atoms in total. The van der Waals surface area contributed by atoms with Gasteiger partial charge in [0.15, 0.2) is 17.3 Å². The molecule has 7 heteroatoms. The number of Topliss-reactive ketones (excluding diaryl/α,β-unsaturated/α-hetero) is 1. The Morgan fingerprint density at radius 1 is 1.03 bits per heavy atom. The first-order valence-electron chi connectivity index (χ1n) is 10.0. The highest BCUT2D eigenvalue weighted by molar-refractivity contribution is 5.98. The van der Waals surface area contributed by atoms with Crippen LogP contribution in [0.5, 0.6) is 17.2 Å². The first-order valence-corrected chi connectivity index (χ1v) is 10.0. The van der Waals surface area contributed by atoms with E-state index in [0.717, 1.165) is 11.1 Å². The second-order valence-electron chi connectivity index (χ2n) is 7.28. The van der Waals surface area contributed by atoms with Crippen LogP contribution >= 0.6 is 0 Å². The molecule has 2 amide bonds. The Balaban J connectivity index is 1.89. The fourth-order valence-corrected chi connectivity index (χ4v) is 3.92. The van der Waals surface area contributed by atoms with Crippen LogP contribution in [0.1, 0.15) is 31.0 Å². The van der Waals surface area contributed by atoms with Gasteiger partial charge in [0.2, 0.25) is 5.75 Å². The molecule has 1 N–H and O–H groups in total. The van der Waals surface area contributed by atoms with Crippen molar-refractivity contribution in [3.63, 3.8) is 0 Å². The van der Waals surface area contributed by atoms with E-state index < -0.39 is 6.04 Å². The van der Waals surface area contributed by atoms with Gasteiger partial charge in [-0.1, -0.05) is 30.3 Å². The van der Waals surface area contributed by atoms with Crippen LogP contribution in [-0.2, 0) is 11.2 Å². The highest BCUT2D eigenvalue weighted by Crippen LogP contribution is 2.38. The standard InChI is InChI=1S/C24H28N2O5/c1-15-21(16(2)27)22(18-9-7-6-8-10-18)25-24(28)26(15)12-11-17-13-19(29-3)23(31-5)20(14-17)30-4/h6-10,13-14,22H,11-12H2,1-5H3,(H,25,28)/t22-/m0/s1. The molecule has 0 saturated heterocycles. The highest BCUT2D eigenvalue weighted by Gasteiger charge is 2.33. The van der Waals surface area contributed by atoms with Crippen molar-refractivity contribution >= 4 is 11.8 Å². The molecule has 0 aliphatic carbocycles. The van der Waals surface area contributed by atoms with Crippen LogP contribution in [-0.4, -0.2) is 44.6 Å². The number of ketones is 1. The van der Waals surface area contributed by atoms with Crippen LogP contribution in [0.4, 0.5) is 4.79 Å². The Morgan fingerprint density at radius 2 is 1.65 bits per heavy atom. The number of nitrogens with one attached hydrogen (secondary N) is 1. The molecule has 3 rings (SSSR count). The zero-order valence-electron chi connectivity index (χ0n) is 18.5. The van der Waals surface area contributed by atoms with Gasteiger partial charge in [-0.3, -0.25) is 9.69 Å². The SMILES string of the molecule is COc1cc(CCN2C(=O)N[C@@H](c3ccccc3)C(C(C)=O)=C2C)cc(OC)c1OC. The molecule has 0 radical (unpaired) electrons. The van der Waals surface area contributed by atoms with Crippen molar-refractivity contribution in [1.82, 2.24) is 10.2 Å². The molecule has 0 bridgehead atoms. The molecule has 1 heterocycles. The van der Waals surface area contributed by atoms with Gasteiger partial charge in [-0.05, 0) is 43.5 Å². The zero-order chi connectivity index (χ0) is 22.5. The lowest BCUT2D eigenvalue weighted by atomic mass is 9.92. The highest BCUT2D eigenvalue weighted by atomic mass is 16.5. The van der Waals surface area contributed by atoms with E-state index >= 15 is 0 Å². The minimum atomic E-state index is -0.455. The van der Waals surface area contributed by atoms with Gasteiger partial charge >= 0.3 is 6.03 Å². The van der Waals surface area contributed by atoms with Crippen molar-refractivity contribution in [2.45, 2.75) is 26.3 Å². The third kappa shape index (κ3) is 4.50. The molecule has 31 heavy (non-hydrogen) atoms. The van der Waals surface area contributed by atoms with E-state index in [-0.39, 0.29) is 11.8 Å². The van der Waals surface area contributed by atoms with Gasteiger partial charge in [-0.2, -0.15) is 0 Å². The van der Waals surface area contributed by atoms with Crippen LogP contribution in [0, 0.1) is 0 Å². The summed E-state index contributed by atoms with van der Waals surface area (Å²) < 4.78 is 16.2. The molecule has 1 aliphatic rings. The monoisotopic (exact) mass is 424 g/mol. The van der Waals surface area contributed by atoms with Crippen molar-refractivity contribution in [1.29, 1.82) is 0 Å². The van der Waals surface area contributed by atoms with Crippen LogP contribution in [0.25, 0.3) is 0 Å². The minimum absolute atomic E-state index is 0.0656. The summed E-state index contributed by atoms with van der Waals surface area (Å²) in [6, 6.07) is 12.5. The number of allylic oxidation sites excluding steroid dienone is 1. The van der Waals surface area contributed by atoms with Crippen LogP contribution in [0.15, 0.2) is 53.7 Å². The zero-order valence-corrected chi connectivity index (χ0v) is 18.5. The number of amides is 2. The summed E-state index contributed by atoms with van der Waals surface area (Å²) in [4.78, 5) is 27.0. The quantitative estimate of drug-likeness (QED) is 0.696. The number of urea groups is 1. The minimum Gasteiger partial charge on any atom is -0.493 e. The van der Waals surface area contributed by atoms with Crippen molar-refractivity contribution < 1.29 is 23.8 Å². The predicted octanol–water partition coefficient (Wildman–Crippen LogP) is 3.88. The maximum atomic E-state index is 12.9. The lowest BCUT2D eigenvalue weighted by molar-refractivity contribution is -0.114. The van der Waals surface area contributed by atoms with Crippen LogP contribution in [0.2, 0.25) is 0 Å². The molecular formula is C24H28N2O5. The van der Waals surface area contributed by atoms with Gasteiger partial charge in [0.05, 0.1) is 27.4 Å². The van der Waals surface area contributed by atoms with E-state index in [0.29, 0.717) is 41.5 Å². The Labute approximate surface area is 182 Å². The van der Waals surface area contributed by atoms with Gasteiger partial charge in [-0.25, -0.2) is 4.79 Å². The number of carbonyl (C=O) groups is 2. The lowest BCUT2D eigenvalue weighted by Crippen LogP contribution is -2.48. The summed E-state index contributed by atoms with van der Waals surface area (Å²) in [6.45, 7) is 3.75. The van der Waals surface area contributed by atoms with E-state index in [4.69, 9.17) is 14.2 Å². The smallest absolute Gasteiger partial charge is 0.322 e. The summed E-state index contributed by atoms with van der Waals surface area (Å²) in [5.41, 5.74) is 3.06. The molecule has 0 aromatic heterocycles. The van der Waals surface area contributed by atoms with Crippen molar-refractivity contribution in [2.75, 3.05) is 27.9 Å². The normalized spacial score (nSPS) is 16.1. The molecule has 164 valence electrons. The summed E-state index contributed by atoms with van der Waals surface area (Å²) in [5, 5.41) is 2.98. The van der Waals surface area contributed by atoms with E-state index in [2.05, 4.69) is 5.32 Å². The molecular weight excluding hydrogens is 396 g/mol. The first kappa shape index (κ1) is 22.2. The molecule has 0 unspecified atom stereocenters. The molecule has 2 aromatic carbocycles. The number of ether oxygens (including phenoxy) is 3. The summed E-state index contributed by atoms with van der Waals surface area (Å²) >= 11 is 0. The van der Waals surface area contributed by atoms with Crippen molar-refractivity contribution in [3.8, 4) is 17.2 Å². The topological polar surface area (TPSA) is 77.1 Å². The van der Waals surface area contributed by atoms with Gasteiger partial charge < -0.3 is 19.5 Å². The largest absolute Gasteiger partial charge is 0.493 e. The maximum absolute atomic E-state index is 12.9. The molecule has 1 aliphatic heterocycles. The Morgan fingerprint density at radius 3 is 2.16 bits per heavy atom. The van der Waals surface area contributed by atoms with Gasteiger partial charge in [-0.15, -0.1) is 0 Å². The number of nitrogens with zero attached hydrogens (tertiary/aromatic N) is 1. The van der Waals surface area contributed by atoms with Crippen molar-refractivity contribution in [3.05, 3.63) is 64.9 Å². The second-order valence-corrected chi connectivity index (χ2v) is 7.28. The summed E-state index contributed by atoms with van der Waals surface area (Å²) in [7, 11) is 4.68. The number of hydrogen-bond donors (Lipinski definition) is 1. The number of carbonyl (C=O) groups excluding carboxylic acids is 2. The number of hydrogen-bond acceptors (Lipinski definition) is 5. The first-order chi connectivity index (χ1) is 14.9.